The first-order chi connectivity index (χ1) is 10.0. The number of rotatable bonds is 3. The lowest BCUT2D eigenvalue weighted by Crippen LogP contribution is -2.28. The molecule has 2 N–H and O–H groups in total. The molecule has 0 saturated heterocycles. The molecule has 0 amide bonds. The van der Waals surface area contributed by atoms with Gasteiger partial charge in [-0.2, -0.15) is 0 Å². The Labute approximate surface area is 120 Å². The molecule has 6 heteroatoms. The average Bonchev–Trinajstić information content (AvgIpc) is 2.45. The summed E-state index contributed by atoms with van der Waals surface area (Å²) in [5.74, 6) is -0.832. The smallest absolute Gasteiger partial charge is 0.347 e. The topological polar surface area (TPSA) is 97.0 Å². The van der Waals surface area contributed by atoms with Crippen molar-refractivity contribution in [2.24, 2.45) is 0 Å². The maximum atomic E-state index is 12.0. The van der Waals surface area contributed by atoms with Crippen molar-refractivity contribution in [1.82, 2.24) is 0 Å². The minimum Gasteiger partial charge on any atom is -0.485 e. The number of aliphatic hydroxyl groups excluding tert-OH is 1. The normalized spacial score (nSPS) is 21.6. The van der Waals surface area contributed by atoms with E-state index in [1.54, 1.807) is 0 Å². The minimum atomic E-state index is -1.60. The molecule has 2 atom stereocenters. The lowest BCUT2D eigenvalue weighted by Gasteiger charge is -2.30. The number of hydrogen-bond acceptors (Lipinski definition) is 5. The Balaban J connectivity index is 1.93. The van der Waals surface area contributed by atoms with Crippen LogP contribution in [-0.2, 0) is 11.2 Å². The van der Waals surface area contributed by atoms with Crippen molar-refractivity contribution >= 4 is 12.0 Å². The number of carbonyl (C=O) groups is 1. The number of aliphatic carboxylic acids is 1. The van der Waals surface area contributed by atoms with Crippen LogP contribution in [0.3, 0.4) is 0 Å². The Morgan fingerprint density at radius 3 is 3.00 bits per heavy atom. The largest absolute Gasteiger partial charge is 0.485 e. The highest BCUT2D eigenvalue weighted by Crippen LogP contribution is 2.35. The number of ether oxygens (including phenoxy) is 1. The summed E-state index contributed by atoms with van der Waals surface area (Å²) in [5, 5.41) is 18.0. The van der Waals surface area contributed by atoms with Gasteiger partial charge in [0, 0.05) is 12.5 Å². The Hall–Kier alpha value is -2.08. The molecule has 1 aromatic heterocycles. The summed E-state index contributed by atoms with van der Waals surface area (Å²) in [6, 6.07) is 1.50. The van der Waals surface area contributed by atoms with Gasteiger partial charge in [0.2, 0.25) is 0 Å². The number of hydrogen-bond donors (Lipinski definition) is 2. The molecule has 1 aromatic rings. The van der Waals surface area contributed by atoms with Gasteiger partial charge in [-0.05, 0) is 37.3 Å². The van der Waals surface area contributed by atoms with Crippen LogP contribution in [0.5, 0.6) is 5.75 Å². The number of fused-ring (bicyclic) bond motifs is 2. The molecule has 1 fully saturated rings. The van der Waals surface area contributed by atoms with Crippen LogP contribution in [0.4, 0.5) is 0 Å². The summed E-state index contributed by atoms with van der Waals surface area (Å²) in [6.45, 7) is 0. The predicted octanol–water partition coefficient (Wildman–Crippen LogP) is 1.35. The Morgan fingerprint density at radius 1 is 1.43 bits per heavy atom. The van der Waals surface area contributed by atoms with E-state index in [0.29, 0.717) is 11.3 Å². The van der Waals surface area contributed by atoms with E-state index >= 15 is 0 Å². The predicted molar refractivity (Wildman–Crippen MR) is 73.2 cm³/mol. The van der Waals surface area contributed by atoms with Gasteiger partial charge >= 0.3 is 11.6 Å². The minimum absolute atomic E-state index is 0.00898. The van der Waals surface area contributed by atoms with Gasteiger partial charge in [-0.15, -0.1) is 0 Å². The molecule has 0 bridgehead atoms. The van der Waals surface area contributed by atoms with Gasteiger partial charge in [0.25, 0.3) is 0 Å². The highest BCUT2D eigenvalue weighted by molar-refractivity contribution is 5.72. The third-order valence-corrected chi connectivity index (χ3v) is 3.88. The van der Waals surface area contributed by atoms with Crippen LogP contribution in [-0.4, -0.2) is 28.4 Å². The SMILES string of the molecule is O=C(O)C(O)Cc1cc2c(c(=O)o1)C=C1CCCC[C@@H]1O2. The molecule has 6 nitrogen and oxygen atoms in total. The molecule has 1 unspecified atom stereocenters. The third kappa shape index (κ3) is 2.71. The lowest BCUT2D eigenvalue weighted by atomic mass is 9.89. The molecule has 2 heterocycles. The van der Waals surface area contributed by atoms with E-state index < -0.39 is 17.7 Å². The van der Waals surface area contributed by atoms with Crippen molar-refractivity contribution in [1.29, 1.82) is 0 Å². The number of aliphatic hydroxyl groups is 1. The fraction of sp³-hybridized carbons (Fsp3) is 0.467. The molecule has 0 radical (unpaired) electrons. The Kier molecular flexibility index (Phi) is 3.55. The molecule has 1 saturated carbocycles. The van der Waals surface area contributed by atoms with Crippen molar-refractivity contribution in [3.8, 4) is 5.75 Å². The Morgan fingerprint density at radius 2 is 2.24 bits per heavy atom. The molecule has 1 aliphatic heterocycles. The second kappa shape index (κ2) is 5.37. The number of carboxylic acids is 1. The van der Waals surface area contributed by atoms with Gasteiger partial charge in [0.1, 0.15) is 23.2 Å². The van der Waals surface area contributed by atoms with Gasteiger partial charge < -0.3 is 19.4 Å². The van der Waals surface area contributed by atoms with Gasteiger partial charge in [-0.25, -0.2) is 9.59 Å². The summed E-state index contributed by atoms with van der Waals surface area (Å²) in [7, 11) is 0. The van der Waals surface area contributed by atoms with E-state index in [-0.39, 0.29) is 18.3 Å². The van der Waals surface area contributed by atoms with Crippen LogP contribution < -0.4 is 10.4 Å². The molecule has 0 spiro atoms. The molecule has 2 aliphatic rings. The summed E-state index contributed by atoms with van der Waals surface area (Å²) in [4.78, 5) is 22.6. The maximum absolute atomic E-state index is 12.0. The van der Waals surface area contributed by atoms with Crippen LogP contribution in [0.2, 0.25) is 0 Å². The summed E-state index contributed by atoms with van der Waals surface area (Å²) in [5.41, 5.74) is 0.924. The van der Waals surface area contributed by atoms with E-state index in [1.807, 2.05) is 6.08 Å². The van der Waals surface area contributed by atoms with Gasteiger partial charge in [0.05, 0.1) is 0 Å². The van der Waals surface area contributed by atoms with Crippen LogP contribution in [0.1, 0.15) is 37.0 Å². The van der Waals surface area contributed by atoms with Gasteiger partial charge in [0.15, 0.2) is 6.10 Å². The molecule has 112 valence electrons. The van der Waals surface area contributed by atoms with Crippen molar-refractivity contribution < 1.29 is 24.2 Å². The van der Waals surface area contributed by atoms with Gasteiger partial charge in [-0.1, -0.05) is 0 Å². The lowest BCUT2D eigenvalue weighted by molar-refractivity contribution is -0.146. The van der Waals surface area contributed by atoms with E-state index in [2.05, 4.69) is 0 Å². The maximum Gasteiger partial charge on any atom is 0.347 e. The van der Waals surface area contributed by atoms with Crippen molar-refractivity contribution in [3.05, 3.63) is 33.4 Å². The first-order valence-electron chi connectivity index (χ1n) is 6.99. The fourth-order valence-corrected chi connectivity index (χ4v) is 2.78. The van der Waals surface area contributed by atoms with Crippen molar-refractivity contribution in [2.45, 2.75) is 44.3 Å². The van der Waals surface area contributed by atoms with Crippen LogP contribution in [0.25, 0.3) is 6.08 Å². The van der Waals surface area contributed by atoms with E-state index in [4.69, 9.17) is 14.3 Å². The van der Waals surface area contributed by atoms with E-state index in [9.17, 15) is 14.7 Å². The summed E-state index contributed by atoms with van der Waals surface area (Å²) < 4.78 is 10.9. The molecule has 3 rings (SSSR count). The highest BCUT2D eigenvalue weighted by Gasteiger charge is 2.28. The number of carboxylic acid groups (broad SMARTS) is 1. The Bertz CT molecular complexity index is 657. The molecule has 1 aliphatic carbocycles. The zero-order valence-corrected chi connectivity index (χ0v) is 11.4. The average molecular weight is 292 g/mol. The fourth-order valence-electron chi connectivity index (χ4n) is 2.78. The first kappa shape index (κ1) is 13.9. The summed E-state index contributed by atoms with van der Waals surface area (Å²) >= 11 is 0. The standard InChI is InChI=1S/C15H16O6/c16-11(14(17)18)6-9-7-13-10(15(19)20-9)5-8-3-1-2-4-12(8)21-13/h5,7,11-12,16H,1-4,6H2,(H,17,18)/t11?,12-/m0/s1. The van der Waals surface area contributed by atoms with Crippen LogP contribution in [0, 0.1) is 0 Å². The quantitative estimate of drug-likeness (QED) is 0.872. The zero-order valence-electron chi connectivity index (χ0n) is 11.4. The van der Waals surface area contributed by atoms with Crippen LogP contribution >= 0.6 is 0 Å². The van der Waals surface area contributed by atoms with E-state index in [1.165, 1.54) is 6.07 Å². The molecule has 0 aromatic carbocycles. The second-order valence-electron chi connectivity index (χ2n) is 5.41. The second-order valence-corrected chi connectivity index (χ2v) is 5.41. The molecular weight excluding hydrogens is 276 g/mol. The zero-order chi connectivity index (χ0) is 15.0. The highest BCUT2D eigenvalue weighted by atomic mass is 16.5. The van der Waals surface area contributed by atoms with E-state index in [0.717, 1.165) is 31.3 Å². The molecule has 21 heavy (non-hydrogen) atoms. The van der Waals surface area contributed by atoms with Crippen molar-refractivity contribution in [2.75, 3.05) is 0 Å². The van der Waals surface area contributed by atoms with Crippen molar-refractivity contribution in [3.63, 3.8) is 0 Å². The third-order valence-electron chi connectivity index (χ3n) is 3.88. The van der Waals surface area contributed by atoms with Crippen LogP contribution in [0.15, 0.2) is 20.9 Å². The monoisotopic (exact) mass is 292 g/mol. The van der Waals surface area contributed by atoms with Gasteiger partial charge in [-0.3, -0.25) is 0 Å². The summed E-state index contributed by atoms with van der Waals surface area (Å²) in [6.07, 6.45) is 3.97. The first-order valence-corrected chi connectivity index (χ1v) is 6.99. The molecular formula is C15H16O6.